The lowest BCUT2D eigenvalue weighted by Crippen LogP contribution is -2.32. The molecule has 0 aliphatic heterocycles. The van der Waals surface area contributed by atoms with Crippen molar-refractivity contribution in [3.05, 3.63) is 5.82 Å². The van der Waals surface area contributed by atoms with Crippen molar-refractivity contribution in [1.29, 1.82) is 0 Å². The van der Waals surface area contributed by atoms with Crippen LogP contribution in [0.1, 0.15) is 19.2 Å². The van der Waals surface area contributed by atoms with Crippen molar-refractivity contribution in [2.45, 2.75) is 25.8 Å². The number of tetrazole rings is 1. The monoisotopic (exact) mass is 229 g/mol. The van der Waals surface area contributed by atoms with Crippen LogP contribution in [0.25, 0.3) is 0 Å². The normalized spacial score (nSPS) is 13.0. The zero-order valence-corrected chi connectivity index (χ0v) is 10.4. The van der Waals surface area contributed by atoms with E-state index in [1.165, 1.54) is 4.80 Å². The Morgan fingerprint density at radius 3 is 2.87 bits per heavy atom. The van der Waals surface area contributed by atoms with Crippen molar-refractivity contribution in [1.82, 2.24) is 25.5 Å². The van der Waals surface area contributed by atoms with E-state index in [-0.39, 0.29) is 0 Å². The van der Waals surface area contributed by atoms with Gasteiger partial charge in [-0.2, -0.15) is 16.6 Å². The van der Waals surface area contributed by atoms with Gasteiger partial charge in [0.25, 0.3) is 0 Å². The maximum absolute atomic E-state index is 4.19. The van der Waals surface area contributed by atoms with Crippen LogP contribution in [0.3, 0.4) is 0 Å². The Morgan fingerprint density at radius 1 is 1.53 bits per heavy atom. The molecule has 1 unspecified atom stereocenters. The molecule has 1 aromatic rings. The Morgan fingerprint density at radius 2 is 2.33 bits per heavy atom. The molecule has 1 aromatic heterocycles. The van der Waals surface area contributed by atoms with Crippen LogP contribution in [0, 0.1) is 0 Å². The van der Waals surface area contributed by atoms with Gasteiger partial charge in [-0.25, -0.2) is 0 Å². The van der Waals surface area contributed by atoms with Crippen molar-refractivity contribution in [2.24, 2.45) is 7.05 Å². The molecule has 1 heterocycles. The molecule has 6 heteroatoms. The highest BCUT2D eigenvalue weighted by molar-refractivity contribution is 7.98. The van der Waals surface area contributed by atoms with Gasteiger partial charge in [0.2, 0.25) is 0 Å². The van der Waals surface area contributed by atoms with Gasteiger partial charge in [0.15, 0.2) is 5.82 Å². The number of thioether (sulfide) groups is 1. The number of aromatic nitrogens is 4. The molecule has 0 amide bonds. The highest BCUT2D eigenvalue weighted by atomic mass is 32.2. The van der Waals surface area contributed by atoms with E-state index in [0.29, 0.717) is 6.04 Å². The van der Waals surface area contributed by atoms with Gasteiger partial charge in [0.1, 0.15) is 0 Å². The predicted molar refractivity (Wildman–Crippen MR) is 63.0 cm³/mol. The van der Waals surface area contributed by atoms with E-state index >= 15 is 0 Å². The summed E-state index contributed by atoms with van der Waals surface area (Å²) in [5.74, 6) is 1.99. The smallest absolute Gasteiger partial charge is 0.176 e. The summed E-state index contributed by atoms with van der Waals surface area (Å²) in [5, 5.41) is 15.5. The molecule has 0 aromatic carbocycles. The third-order valence-electron chi connectivity index (χ3n) is 2.14. The molecule has 0 saturated carbocycles. The summed E-state index contributed by atoms with van der Waals surface area (Å²) in [5.41, 5.74) is 0. The molecular weight excluding hydrogens is 210 g/mol. The van der Waals surface area contributed by atoms with Crippen molar-refractivity contribution < 1.29 is 0 Å². The molecule has 1 atom stereocenters. The molecule has 0 fully saturated rings. The maximum Gasteiger partial charge on any atom is 0.176 e. The van der Waals surface area contributed by atoms with E-state index in [1.807, 2.05) is 11.8 Å². The summed E-state index contributed by atoms with van der Waals surface area (Å²) < 4.78 is 0. The van der Waals surface area contributed by atoms with E-state index in [9.17, 15) is 0 Å². The fraction of sp³-hybridized carbons (Fsp3) is 0.889. The molecule has 0 saturated heterocycles. The third-order valence-corrected chi connectivity index (χ3v) is 2.79. The number of nitrogens with zero attached hydrogens (tertiary/aromatic N) is 4. The standard InChI is InChI=1S/C9H19N5S/c1-4-10-8(5-6-15-3)7-9-11-13-14(2)12-9/h8,10H,4-7H2,1-3H3. The van der Waals surface area contributed by atoms with Crippen LogP contribution < -0.4 is 5.32 Å². The third kappa shape index (κ3) is 4.61. The summed E-state index contributed by atoms with van der Waals surface area (Å²) in [6, 6.07) is 0.464. The van der Waals surface area contributed by atoms with Crippen LogP contribution in [-0.2, 0) is 13.5 Å². The Labute approximate surface area is 95.0 Å². The fourth-order valence-electron chi connectivity index (χ4n) is 1.45. The maximum atomic E-state index is 4.19. The molecule has 1 N–H and O–H groups in total. The first-order valence-corrected chi connectivity index (χ1v) is 6.60. The minimum atomic E-state index is 0.464. The fourth-order valence-corrected chi connectivity index (χ4v) is 1.97. The average Bonchev–Trinajstić information content (AvgIpc) is 2.61. The quantitative estimate of drug-likeness (QED) is 0.737. The summed E-state index contributed by atoms with van der Waals surface area (Å²) >= 11 is 1.87. The van der Waals surface area contributed by atoms with Gasteiger partial charge in [-0.15, -0.1) is 10.2 Å². The Hall–Kier alpha value is -0.620. The van der Waals surface area contributed by atoms with E-state index in [2.05, 4.69) is 33.9 Å². The molecule has 5 nitrogen and oxygen atoms in total. The van der Waals surface area contributed by atoms with Crippen molar-refractivity contribution >= 4 is 11.8 Å². The topological polar surface area (TPSA) is 55.6 Å². The molecule has 0 spiro atoms. The van der Waals surface area contributed by atoms with E-state index in [0.717, 1.165) is 31.0 Å². The Kier molecular flexibility index (Phi) is 5.63. The second-order valence-corrected chi connectivity index (χ2v) is 4.42. The second kappa shape index (κ2) is 6.79. The molecule has 0 bridgehead atoms. The summed E-state index contributed by atoms with van der Waals surface area (Å²) in [4.78, 5) is 1.51. The van der Waals surface area contributed by atoms with Gasteiger partial charge in [-0.1, -0.05) is 6.92 Å². The van der Waals surface area contributed by atoms with Crippen LogP contribution in [0.15, 0.2) is 0 Å². The molecule has 1 rings (SSSR count). The number of aryl methyl sites for hydroxylation is 1. The van der Waals surface area contributed by atoms with E-state index in [1.54, 1.807) is 7.05 Å². The van der Waals surface area contributed by atoms with Gasteiger partial charge in [-0.05, 0) is 30.2 Å². The molecule has 0 radical (unpaired) electrons. The summed E-state index contributed by atoms with van der Waals surface area (Å²) in [6.45, 7) is 3.11. The minimum absolute atomic E-state index is 0.464. The van der Waals surface area contributed by atoms with Crippen molar-refractivity contribution in [2.75, 3.05) is 18.6 Å². The lowest BCUT2D eigenvalue weighted by atomic mass is 10.1. The molecule has 86 valence electrons. The average molecular weight is 229 g/mol. The lowest BCUT2D eigenvalue weighted by Gasteiger charge is -2.14. The van der Waals surface area contributed by atoms with Gasteiger partial charge in [-0.3, -0.25) is 0 Å². The zero-order valence-electron chi connectivity index (χ0n) is 9.60. The van der Waals surface area contributed by atoms with Gasteiger partial charge in [0, 0.05) is 12.5 Å². The number of hydrogen-bond acceptors (Lipinski definition) is 5. The van der Waals surface area contributed by atoms with Crippen LogP contribution in [0.5, 0.6) is 0 Å². The Bertz CT molecular complexity index is 275. The van der Waals surface area contributed by atoms with Gasteiger partial charge < -0.3 is 5.32 Å². The number of rotatable bonds is 7. The zero-order chi connectivity index (χ0) is 11.1. The van der Waals surface area contributed by atoms with Crippen LogP contribution in [-0.4, -0.2) is 44.8 Å². The van der Waals surface area contributed by atoms with Crippen LogP contribution in [0.4, 0.5) is 0 Å². The summed E-state index contributed by atoms with van der Waals surface area (Å²) in [7, 11) is 1.79. The molecule has 0 aliphatic rings. The molecular formula is C9H19N5S. The van der Waals surface area contributed by atoms with Crippen molar-refractivity contribution in [3.63, 3.8) is 0 Å². The highest BCUT2D eigenvalue weighted by Gasteiger charge is 2.11. The largest absolute Gasteiger partial charge is 0.314 e. The van der Waals surface area contributed by atoms with Gasteiger partial charge >= 0.3 is 0 Å². The predicted octanol–water partition coefficient (Wildman–Crippen LogP) is 0.484. The SMILES string of the molecule is CCNC(CCSC)Cc1nnn(C)n1. The highest BCUT2D eigenvalue weighted by Crippen LogP contribution is 2.04. The molecule has 0 aliphatic carbocycles. The number of likely N-dealkylation sites (N-methyl/N-ethyl adjacent to an activating group) is 1. The first kappa shape index (κ1) is 12.4. The van der Waals surface area contributed by atoms with Gasteiger partial charge in [0.05, 0.1) is 7.05 Å². The van der Waals surface area contributed by atoms with E-state index < -0.39 is 0 Å². The number of nitrogens with one attached hydrogen (secondary N) is 1. The second-order valence-electron chi connectivity index (χ2n) is 3.44. The number of hydrogen-bond donors (Lipinski definition) is 1. The van der Waals surface area contributed by atoms with Crippen LogP contribution in [0.2, 0.25) is 0 Å². The lowest BCUT2D eigenvalue weighted by molar-refractivity contribution is 0.501. The Balaban J connectivity index is 2.42. The van der Waals surface area contributed by atoms with Crippen molar-refractivity contribution in [3.8, 4) is 0 Å². The first-order valence-electron chi connectivity index (χ1n) is 5.21. The minimum Gasteiger partial charge on any atom is -0.314 e. The summed E-state index contributed by atoms with van der Waals surface area (Å²) in [6.07, 6.45) is 4.14. The van der Waals surface area contributed by atoms with E-state index in [4.69, 9.17) is 0 Å². The first-order chi connectivity index (χ1) is 7.26. The molecule has 15 heavy (non-hydrogen) atoms. The van der Waals surface area contributed by atoms with Crippen LogP contribution >= 0.6 is 11.8 Å².